The van der Waals surface area contributed by atoms with Gasteiger partial charge in [-0.1, -0.05) is 118 Å². The monoisotopic (exact) mass is 448 g/mol. The Morgan fingerprint density at radius 2 is 1.35 bits per heavy atom. The highest BCUT2D eigenvalue weighted by Gasteiger charge is 2.21. The third-order valence-electron chi connectivity index (χ3n) is 6.65. The fourth-order valence-electron chi connectivity index (χ4n) is 4.87. The van der Waals surface area contributed by atoms with Crippen molar-refractivity contribution < 1.29 is 0 Å². The van der Waals surface area contributed by atoms with Crippen molar-refractivity contribution in [2.45, 2.75) is 60.3 Å². The maximum absolute atomic E-state index is 2.32. The van der Waals surface area contributed by atoms with E-state index in [1.165, 1.54) is 44.5 Å². The number of hydrogen-bond donors (Lipinski definition) is 0. The van der Waals surface area contributed by atoms with Gasteiger partial charge in [-0.3, -0.25) is 0 Å². The smallest absolute Gasteiger partial charge is 0.00705 e. The molecule has 0 bridgehead atoms. The highest BCUT2D eigenvalue weighted by atomic mass is 14.2. The predicted molar refractivity (Wildman–Crippen MR) is 151 cm³/mol. The van der Waals surface area contributed by atoms with Crippen LogP contribution >= 0.6 is 0 Å². The van der Waals surface area contributed by atoms with Crippen LogP contribution in [0.15, 0.2) is 97.1 Å². The fraction of sp³-hybridized carbons (Fsp3) is 0.294. The Bertz CT molecular complexity index is 1110. The van der Waals surface area contributed by atoms with Gasteiger partial charge in [-0.2, -0.15) is 0 Å². The van der Waals surface area contributed by atoms with Gasteiger partial charge in [-0.05, 0) is 90.0 Å². The van der Waals surface area contributed by atoms with Crippen molar-refractivity contribution in [1.29, 1.82) is 0 Å². The lowest BCUT2D eigenvalue weighted by Gasteiger charge is -2.19. The molecule has 0 amide bonds. The summed E-state index contributed by atoms with van der Waals surface area (Å²) in [5.74, 6) is 0.562. The number of rotatable bonds is 6. The van der Waals surface area contributed by atoms with Crippen LogP contribution in [0.25, 0.3) is 11.1 Å². The number of allylic oxidation sites excluding steroid dienone is 5. The molecule has 1 aliphatic carbocycles. The second kappa shape index (κ2) is 12.9. The van der Waals surface area contributed by atoms with Crippen LogP contribution in [-0.4, -0.2) is 0 Å². The van der Waals surface area contributed by atoms with Gasteiger partial charge in [0.15, 0.2) is 0 Å². The quantitative estimate of drug-likeness (QED) is 0.329. The molecule has 176 valence electrons. The van der Waals surface area contributed by atoms with Gasteiger partial charge in [0, 0.05) is 0 Å². The van der Waals surface area contributed by atoms with Gasteiger partial charge in [0.05, 0.1) is 0 Å². The zero-order valence-corrected chi connectivity index (χ0v) is 21.6. The van der Waals surface area contributed by atoms with Crippen LogP contribution < -0.4 is 0 Å². The first kappa shape index (κ1) is 25.5. The van der Waals surface area contributed by atoms with Crippen molar-refractivity contribution in [3.63, 3.8) is 0 Å². The van der Waals surface area contributed by atoms with E-state index in [2.05, 4.69) is 118 Å². The summed E-state index contributed by atoms with van der Waals surface area (Å²) < 4.78 is 0. The number of fused-ring (bicyclic) bond motifs is 2. The van der Waals surface area contributed by atoms with E-state index in [-0.39, 0.29) is 0 Å². The van der Waals surface area contributed by atoms with Crippen molar-refractivity contribution in [3.05, 3.63) is 130 Å². The molecule has 0 heterocycles. The van der Waals surface area contributed by atoms with Crippen LogP contribution in [0.5, 0.6) is 0 Å². The Morgan fingerprint density at radius 3 is 1.97 bits per heavy atom. The lowest BCUT2D eigenvalue weighted by atomic mass is 9.85. The molecule has 0 fully saturated rings. The van der Waals surface area contributed by atoms with Gasteiger partial charge in [0.2, 0.25) is 0 Å². The van der Waals surface area contributed by atoms with Crippen LogP contribution in [0.1, 0.15) is 74.4 Å². The Labute approximate surface area is 207 Å². The second-order valence-corrected chi connectivity index (χ2v) is 8.90. The lowest BCUT2D eigenvalue weighted by molar-refractivity contribution is 0.647. The van der Waals surface area contributed by atoms with Crippen LogP contribution in [0.3, 0.4) is 0 Å². The third-order valence-corrected chi connectivity index (χ3v) is 6.65. The van der Waals surface area contributed by atoms with E-state index in [4.69, 9.17) is 0 Å². The molecule has 0 N–H and O–H groups in total. The van der Waals surface area contributed by atoms with E-state index in [0.29, 0.717) is 5.92 Å². The van der Waals surface area contributed by atoms with E-state index >= 15 is 0 Å². The molecule has 0 heteroatoms. The molecule has 3 aromatic rings. The summed E-state index contributed by atoms with van der Waals surface area (Å²) in [6, 6.07) is 27.0. The molecule has 0 radical (unpaired) electrons. The molecule has 4 rings (SSSR count). The molecule has 0 nitrogen and oxygen atoms in total. The summed E-state index contributed by atoms with van der Waals surface area (Å²) in [7, 11) is 0. The van der Waals surface area contributed by atoms with E-state index in [1.807, 2.05) is 13.8 Å². The largest absolute Gasteiger partial charge is 0.0877 e. The van der Waals surface area contributed by atoms with Gasteiger partial charge in [-0.15, -0.1) is 0 Å². The average Bonchev–Trinajstić information content (AvgIpc) is 3.05. The first-order valence-corrected chi connectivity index (χ1v) is 12.9. The van der Waals surface area contributed by atoms with Crippen LogP contribution in [-0.2, 0) is 19.3 Å². The molecule has 1 unspecified atom stereocenters. The topological polar surface area (TPSA) is 0 Å². The van der Waals surface area contributed by atoms with Gasteiger partial charge >= 0.3 is 0 Å². The van der Waals surface area contributed by atoms with Gasteiger partial charge < -0.3 is 0 Å². The Hall–Kier alpha value is -3.12. The second-order valence-electron chi connectivity index (χ2n) is 8.90. The van der Waals surface area contributed by atoms with E-state index in [0.717, 1.165) is 25.7 Å². The standard InChI is InChI=1S/C32H34.C2H6/c1-4-5-6-13-24(2)20-21-26-14-7-10-17-29(26)25(3)32-30-18-11-8-15-27(30)22-23-28-16-9-12-19-31(28)32;1-2/h4-19,24H,20-23H2,1-3H3;1-2H3/b5-4-,13-6-;. The summed E-state index contributed by atoms with van der Waals surface area (Å²) in [6.45, 7) is 10.7. The lowest BCUT2D eigenvalue weighted by Crippen LogP contribution is -2.00. The van der Waals surface area contributed by atoms with Crippen molar-refractivity contribution in [2.75, 3.05) is 0 Å². The van der Waals surface area contributed by atoms with Crippen molar-refractivity contribution in [2.24, 2.45) is 5.92 Å². The van der Waals surface area contributed by atoms with E-state index in [9.17, 15) is 0 Å². The van der Waals surface area contributed by atoms with Crippen LogP contribution in [0, 0.1) is 5.92 Å². The predicted octanol–water partition coefficient (Wildman–Crippen LogP) is 9.49. The molecule has 0 aromatic heterocycles. The zero-order valence-electron chi connectivity index (χ0n) is 21.6. The normalized spacial score (nSPS) is 13.6. The maximum atomic E-state index is 2.32. The molecular formula is C34H40. The third kappa shape index (κ3) is 6.06. The van der Waals surface area contributed by atoms with Gasteiger partial charge in [-0.25, -0.2) is 0 Å². The summed E-state index contributed by atoms with van der Waals surface area (Å²) in [6.07, 6.45) is 13.1. The van der Waals surface area contributed by atoms with Crippen LogP contribution in [0.2, 0.25) is 0 Å². The number of hydrogen-bond acceptors (Lipinski definition) is 0. The minimum Gasteiger partial charge on any atom is -0.0877 e. The molecule has 1 aliphatic rings. The van der Waals surface area contributed by atoms with Crippen LogP contribution in [0.4, 0.5) is 0 Å². The van der Waals surface area contributed by atoms with E-state index in [1.54, 1.807) is 0 Å². The Morgan fingerprint density at radius 1 is 0.794 bits per heavy atom. The minimum absolute atomic E-state index is 0.562. The molecule has 0 aliphatic heterocycles. The minimum atomic E-state index is 0.562. The Kier molecular flexibility index (Phi) is 9.71. The van der Waals surface area contributed by atoms with Crippen molar-refractivity contribution in [1.82, 2.24) is 0 Å². The summed E-state index contributed by atoms with van der Waals surface area (Å²) in [5.41, 5.74) is 11.3. The van der Waals surface area contributed by atoms with Gasteiger partial charge in [0.25, 0.3) is 0 Å². The molecular weight excluding hydrogens is 408 g/mol. The highest BCUT2D eigenvalue weighted by Crippen LogP contribution is 2.39. The molecule has 34 heavy (non-hydrogen) atoms. The molecule has 0 saturated carbocycles. The van der Waals surface area contributed by atoms with Gasteiger partial charge in [0.1, 0.15) is 0 Å². The Balaban J connectivity index is 0.00000158. The van der Waals surface area contributed by atoms with Crippen molar-refractivity contribution >= 4 is 11.1 Å². The number of aryl methyl sites for hydroxylation is 3. The summed E-state index contributed by atoms with van der Waals surface area (Å²) in [4.78, 5) is 0. The SMILES string of the molecule is C/C=C\C=C/C(C)CCc1ccccc1C(C)=C1c2ccccc2CCc2ccccc21.CC. The first-order valence-electron chi connectivity index (χ1n) is 12.9. The zero-order chi connectivity index (χ0) is 24.3. The average molecular weight is 449 g/mol. The molecule has 1 atom stereocenters. The summed E-state index contributed by atoms with van der Waals surface area (Å²) in [5, 5.41) is 0. The fourth-order valence-corrected chi connectivity index (χ4v) is 4.87. The molecule has 0 saturated heterocycles. The first-order chi connectivity index (χ1) is 16.7. The molecule has 3 aromatic carbocycles. The summed E-state index contributed by atoms with van der Waals surface area (Å²) >= 11 is 0. The van der Waals surface area contributed by atoms with Crippen molar-refractivity contribution in [3.8, 4) is 0 Å². The highest BCUT2D eigenvalue weighted by molar-refractivity contribution is 6.00. The van der Waals surface area contributed by atoms with E-state index < -0.39 is 0 Å². The number of benzene rings is 3. The molecule has 0 spiro atoms. The maximum Gasteiger partial charge on any atom is -0.00705 e.